The molecule has 3 radical (unpaired) electrons. The van der Waals surface area contributed by atoms with Crippen molar-refractivity contribution < 1.29 is 0 Å². The van der Waals surface area contributed by atoms with Crippen LogP contribution < -0.4 is 32.3 Å². The molecule has 0 atom stereocenters. The van der Waals surface area contributed by atoms with Crippen LogP contribution in [0.3, 0.4) is 0 Å². The third kappa shape index (κ3) is 7.47. The first-order valence-electron chi connectivity index (χ1n) is 13.0. The zero-order valence-corrected chi connectivity index (χ0v) is 22.8. The van der Waals surface area contributed by atoms with Crippen LogP contribution in [0.1, 0.15) is 0 Å². The van der Waals surface area contributed by atoms with Crippen molar-refractivity contribution >= 4 is 55.3 Å². The molecule has 0 heterocycles. The van der Waals surface area contributed by atoms with E-state index in [0.29, 0.717) is 6.71 Å². The Hall–Kier alpha value is -4.12. The fraction of sp³-hybridized carbons (Fsp3) is 0. The molecule has 0 unspecified atom stereocenters. The highest BCUT2D eigenvalue weighted by atomic mass is 31.1. The quantitative estimate of drug-likeness (QED) is 0.210. The maximum absolute atomic E-state index is 2.23. The summed E-state index contributed by atoms with van der Waals surface area (Å²) >= 11 is 0. The van der Waals surface area contributed by atoms with Crippen molar-refractivity contribution in [3.63, 3.8) is 0 Å². The third-order valence-corrected chi connectivity index (χ3v) is 8.89. The summed E-state index contributed by atoms with van der Waals surface area (Å²) in [5, 5.41) is 4.19. The molecule has 39 heavy (non-hydrogen) atoms. The molecule has 0 aliphatic heterocycles. The minimum atomic E-state index is -0.446. The van der Waals surface area contributed by atoms with E-state index in [1.54, 1.807) is 0 Å². The minimum absolute atomic E-state index is 0. The van der Waals surface area contributed by atoms with Gasteiger partial charge in [0.2, 0.25) is 6.71 Å². The van der Waals surface area contributed by atoms with E-state index in [1.807, 2.05) is 0 Å². The Morgan fingerprint density at radius 2 is 0.487 bits per heavy atom. The second kappa shape index (κ2) is 14.7. The van der Waals surface area contributed by atoms with Crippen LogP contribution in [-0.2, 0) is 0 Å². The van der Waals surface area contributed by atoms with Gasteiger partial charge in [0, 0.05) is 8.41 Å². The molecular formula is C36H30B2P. The second-order valence-corrected chi connectivity index (χ2v) is 11.2. The van der Waals surface area contributed by atoms with Gasteiger partial charge < -0.3 is 0 Å². The van der Waals surface area contributed by atoms with Gasteiger partial charge in [-0.3, -0.25) is 0 Å². The molecule has 0 amide bonds. The molecule has 0 bridgehead atoms. The molecule has 6 aromatic carbocycles. The predicted molar refractivity (Wildman–Crippen MR) is 175 cm³/mol. The van der Waals surface area contributed by atoms with E-state index < -0.39 is 7.92 Å². The Balaban J connectivity index is 0.000000176. The largest absolute Gasteiger partial charge is 0.241 e. The number of hydrogen-bond acceptors (Lipinski definition) is 0. The first-order chi connectivity index (χ1) is 18.9. The molecule has 0 aliphatic rings. The number of hydrogen-bond donors (Lipinski definition) is 0. The Kier molecular flexibility index (Phi) is 10.5. The lowest BCUT2D eigenvalue weighted by atomic mass is 9.37. The van der Waals surface area contributed by atoms with E-state index in [2.05, 4.69) is 182 Å². The summed E-state index contributed by atoms with van der Waals surface area (Å²) < 4.78 is 0. The van der Waals surface area contributed by atoms with Crippen LogP contribution in [0.25, 0.3) is 0 Å². The van der Waals surface area contributed by atoms with Crippen LogP contribution in [0.5, 0.6) is 0 Å². The lowest BCUT2D eigenvalue weighted by Gasteiger charge is -2.18. The zero-order valence-electron chi connectivity index (χ0n) is 21.9. The van der Waals surface area contributed by atoms with Crippen LogP contribution in [0, 0.1) is 0 Å². The fourth-order valence-corrected chi connectivity index (χ4v) is 7.00. The van der Waals surface area contributed by atoms with E-state index in [0.717, 1.165) is 0 Å². The number of rotatable bonds is 6. The summed E-state index contributed by atoms with van der Waals surface area (Å²) in [5.74, 6) is 0. The molecule has 0 fully saturated rings. The SMILES string of the molecule is [B].c1ccc(B(c2ccccc2)c2ccccc2)cc1.c1ccc(P(c2ccccc2)c2ccccc2)cc1. The molecule has 0 saturated carbocycles. The summed E-state index contributed by atoms with van der Waals surface area (Å²) in [6, 6.07) is 64.4. The van der Waals surface area contributed by atoms with E-state index in [4.69, 9.17) is 0 Å². The standard InChI is InChI=1S/C18H15B.C18H15P.B/c2*1-4-10-16(11-5-1)19(17-12-6-2-7-13-17)18-14-8-3-9-15-18;/h2*1-15H;. The molecule has 0 nitrogen and oxygen atoms in total. The van der Waals surface area contributed by atoms with Gasteiger partial charge in [-0.25, -0.2) is 0 Å². The molecule has 185 valence electrons. The molecule has 0 saturated heterocycles. The van der Waals surface area contributed by atoms with Crippen molar-refractivity contribution in [3.05, 3.63) is 182 Å². The van der Waals surface area contributed by atoms with Crippen molar-refractivity contribution in [2.45, 2.75) is 0 Å². The Labute approximate surface area is 236 Å². The molecule has 3 heteroatoms. The fourth-order valence-electron chi connectivity index (χ4n) is 4.69. The lowest BCUT2D eigenvalue weighted by Crippen LogP contribution is -2.51. The summed E-state index contributed by atoms with van der Waals surface area (Å²) in [7, 11) is -0.446. The zero-order chi connectivity index (χ0) is 25.8. The second-order valence-electron chi connectivity index (χ2n) is 9.01. The Morgan fingerprint density at radius 1 is 0.282 bits per heavy atom. The minimum Gasteiger partial charge on any atom is -0.0687 e. The van der Waals surface area contributed by atoms with Crippen LogP contribution in [0.15, 0.2) is 182 Å². The van der Waals surface area contributed by atoms with Crippen LogP contribution in [0.4, 0.5) is 0 Å². The summed E-state index contributed by atoms with van der Waals surface area (Å²) in [6.07, 6.45) is 0. The van der Waals surface area contributed by atoms with Gasteiger partial charge in [0.05, 0.1) is 0 Å². The first-order valence-corrected chi connectivity index (χ1v) is 14.3. The van der Waals surface area contributed by atoms with Gasteiger partial charge in [-0.2, -0.15) is 0 Å². The maximum Gasteiger partial charge on any atom is 0.241 e. The maximum atomic E-state index is 2.23. The number of benzene rings is 6. The van der Waals surface area contributed by atoms with Crippen molar-refractivity contribution in [2.75, 3.05) is 0 Å². The predicted octanol–water partition coefficient (Wildman–Crippen LogP) is 5.27. The lowest BCUT2D eigenvalue weighted by molar-refractivity contribution is 1.71. The summed E-state index contributed by atoms with van der Waals surface area (Å²) in [4.78, 5) is 0. The molecule has 0 aromatic heterocycles. The van der Waals surface area contributed by atoms with E-state index in [9.17, 15) is 0 Å². The molecule has 0 spiro atoms. The monoisotopic (exact) mass is 515 g/mol. The van der Waals surface area contributed by atoms with Gasteiger partial charge in [0.15, 0.2) is 0 Å². The highest BCUT2D eigenvalue weighted by Gasteiger charge is 2.20. The normalized spacial score (nSPS) is 10.1. The molecule has 6 aromatic rings. The van der Waals surface area contributed by atoms with Gasteiger partial charge in [-0.05, 0) is 23.8 Å². The van der Waals surface area contributed by atoms with E-state index >= 15 is 0 Å². The van der Waals surface area contributed by atoms with Crippen molar-refractivity contribution in [1.82, 2.24) is 0 Å². The van der Waals surface area contributed by atoms with Crippen LogP contribution >= 0.6 is 7.92 Å². The molecule has 6 rings (SSSR count). The van der Waals surface area contributed by atoms with Gasteiger partial charge in [-0.15, -0.1) is 0 Å². The molecule has 0 aliphatic carbocycles. The topological polar surface area (TPSA) is 0 Å². The van der Waals surface area contributed by atoms with Gasteiger partial charge in [0.25, 0.3) is 0 Å². The van der Waals surface area contributed by atoms with Gasteiger partial charge >= 0.3 is 0 Å². The average molecular weight is 515 g/mol. The summed E-state index contributed by atoms with van der Waals surface area (Å²) in [6.45, 7) is 0.309. The highest BCUT2D eigenvalue weighted by Crippen LogP contribution is 2.32. The molecule has 0 N–H and O–H groups in total. The van der Waals surface area contributed by atoms with Crippen molar-refractivity contribution in [3.8, 4) is 0 Å². The van der Waals surface area contributed by atoms with Gasteiger partial charge in [-0.1, -0.05) is 198 Å². The van der Waals surface area contributed by atoms with E-state index in [1.165, 1.54) is 32.3 Å². The van der Waals surface area contributed by atoms with Crippen molar-refractivity contribution in [2.24, 2.45) is 0 Å². The van der Waals surface area contributed by atoms with Crippen LogP contribution in [0.2, 0.25) is 0 Å². The highest BCUT2D eigenvalue weighted by molar-refractivity contribution is 7.79. The van der Waals surface area contributed by atoms with Gasteiger partial charge in [0.1, 0.15) is 0 Å². The Bertz CT molecular complexity index is 1170. The average Bonchev–Trinajstić information content (AvgIpc) is 3.01. The Morgan fingerprint density at radius 3 is 0.718 bits per heavy atom. The molecular weight excluding hydrogens is 485 g/mol. The van der Waals surface area contributed by atoms with E-state index in [-0.39, 0.29) is 8.41 Å². The third-order valence-electron chi connectivity index (χ3n) is 6.44. The van der Waals surface area contributed by atoms with Crippen molar-refractivity contribution in [1.29, 1.82) is 0 Å². The van der Waals surface area contributed by atoms with Crippen LogP contribution in [-0.4, -0.2) is 15.1 Å². The summed E-state index contributed by atoms with van der Waals surface area (Å²) in [5.41, 5.74) is 4.00. The first kappa shape index (κ1) is 27.9. The smallest absolute Gasteiger partial charge is 0.0687 e.